The van der Waals surface area contributed by atoms with Crippen molar-refractivity contribution in [1.29, 1.82) is 0 Å². The highest BCUT2D eigenvalue weighted by molar-refractivity contribution is 7.09. The zero-order valence-electron chi connectivity index (χ0n) is 13.0. The molecule has 1 aromatic carbocycles. The van der Waals surface area contributed by atoms with E-state index < -0.39 is 12.0 Å². The van der Waals surface area contributed by atoms with Gasteiger partial charge in [-0.25, -0.2) is 9.78 Å². The lowest BCUT2D eigenvalue weighted by Gasteiger charge is -2.34. The third-order valence-electron chi connectivity index (χ3n) is 4.03. The first-order chi connectivity index (χ1) is 11.0. The number of carboxylic acids is 1. The molecule has 1 amide bonds. The Morgan fingerprint density at radius 1 is 1.30 bits per heavy atom. The monoisotopic (exact) mass is 330 g/mol. The Balaban J connectivity index is 1.92. The van der Waals surface area contributed by atoms with Crippen LogP contribution in [0.2, 0.25) is 0 Å². The van der Waals surface area contributed by atoms with Gasteiger partial charge < -0.3 is 10.0 Å². The lowest BCUT2D eigenvalue weighted by atomic mass is 9.94. The molecule has 0 unspecified atom stereocenters. The van der Waals surface area contributed by atoms with Crippen LogP contribution in [0.15, 0.2) is 29.6 Å². The lowest BCUT2D eigenvalue weighted by molar-refractivity contribution is -0.142. The van der Waals surface area contributed by atoms with E-state index in [0.717, 1.165) is 16.1 Å². The SMILES string of the molecule is CC(C)c1nc(C(=O)N2Cc3ccccc3C[C@@H]2C(=O)O)cs1. The van der Waals surface area contributed by atoms with Crippen LogP contribution in [0.3, 0.4) is 0 Å². The minimum absolute atomic E-state index is 0.249. The summed E-state index contributed by atoms with van der Waals surface area (Å²) in [7, 11) is 0. The standard InChI is InChI=1S/C17H18N2O3S/c1-10(2)15-18-13(9-23-15)16(20)19-8-12-6-4-3-5-11(12)7-14(19)17(21)22/h3-6,9-10,14H,7-8H2,1-2H3,(H,21,22)/t14-/m1/s1. The quantitative estimate of drug-likeness (QED) is 0.939. The second kappa shape index (κ2) is 6.12. The molecule has 6 heteroatoms. The number of rotatable bonds is 3. The largest absolute Gasteiger partial charge is 0.480 e. The molecule has 3 rings (SSSR count). The summed E-state index contributed by atoms with van der Waals surface area (Å²) < 4.78 is 0. The van der Waals surface area contributed by atoms with Gasteiger partial charge in [-0.05, 0) is 11.1 Å². The predicted octanol–water partition coefficient (Wildman–Crippen LogP) is 2.92. The molecule has 1 atom stereocenters. The second-order valence-corrected chi connectivity index (χ2v) is 6.88. The van der Waals surface area contributed by atoms with E-state index in [0.29, 0.717) is 18.7 Å². The smallest absolute Gasteiger partial charge is 0.326 e. The van der Waals surface area contributed by atoms with Crippen LogP contribution in [0.5, 0.6) is 0 Å². The van der Waals surface area contributed by atoms with Crippen LogP contribution >= 0.6 is 11.3 Å². The lowest BCUT2D eigenvalue weighted by Crippen LogP contribution is -2.48. The second-order valence-electron chi connectivity index (χ2n) is 5.99. The van der Waals surface area contributed by atoms with Gasteiger partial charge in [-0.3, -0.25) is 4.79 Å². The highest BCUT2D eigenvalue weighted by atomic mass is 32.1. The van der Waals surface area contributed by atoms with Gasteiger partial charge in [0.15, 0.2) is 0 Å². The molecule has 23 heavy (non-hydrogen) atoms. The van der Waals surface area contributed by atoms with Crippen LogP contribution in [0, 0.1) is 0 Å². The Hall–Kier alpha value is -2.21. The average molecular weight is 330 g/mol. The molecule has 0 saturated carbocycles. The number of nitrogens with zero attached hydrogens (tertiary/aromatic N) is 2. The van der Waals surface area contributed by atoms with E-state index in [1.165, 1.54) is 16.2 Å². The van der Waals surface area contributed by atoms with E-state index in [-0.39, 0.29) is 11.8 Å². The molecule has 2 heterocycles. The summed E-state index contributed by atoms with van der Waals surface area (Å²) >= 11 is 1.44. The van der Waals surface area contributed by atoms with Gasteiger partial charge in [0.25, 0.3) is 5.91 Å². The van der Waals surface area contributed by atoms with Crippen LogP contribution < -0.4 is 0 Å². The summed E-state index contributed by atoms with van der Waals surface area (Å²) in [6, 6.07) is 6.81. The topological polar surface area (TPSA) is 70.5 Å². The molecule has 1 aliphatic heterocycles. The van der Waals surface area contributed by atoms with Crippen molar-refractivity contribution in [2.75, 3.05) is 0 Å². The van der Waals surface area contributed by atoms with Gasteiger partial charge in [-0.1, -0.05) is 38.1 Å². The van der Waals surface area contributed by atoms with Crippen molar-refractivity contribution in [3.63, 3.8) is 0 Å². The Labute approximate surface area is 138 Å². The van der Waals surface area contributed by atoms with E-state index >= 15 is 0 Å². The fourth-order valence-electron chi connectivity index (χ4n) is 2.76. The highest BCUT2D eigenvalue weighted by Gasteiger charge is 2.35. The average Bonchev–Trinajstić information content (AvgIpc) is 3.03. The van der Waals surface area contributed by atoms with Crippen molar-refractivity contribution >= 4 is 23.2 Å². The van der Waals surface area contributed by atoms with Gasteiger partial charge in [0.2, 0.25) is 0 Å². The van der Waals surface area contributed by atoms with Crippen LogP contribution in [-0.4, -0.2) is 32.9 Å². The fraction of sp³-hybridized carbons (Fsp3) is 0.353. The molecule has 5 nitrogen and oxygen atoms in total. The number of aliphatic carboxylic acids is 1. The number of hydrogen-bond acceptors (Lipinski definition) is 4. The van der Waals surface area contributed by atoms with Gasteiger partial charge in [-0.15, -0.1) is 11.3 Å². The first-order valence-electron chi connectivity index (χ1n) is 7.53. The molecule has 1 aromatic heterocycles. The van der Waals surface area contributed by atoms with E-state index in [1.54, 1.807) is 5.38 Å². The summed E-state index contributed by atoms with van der Waals surface area (Å²) in [5.41, 5.74) is 2.33. The van der Waals surface area contributed by atoms with Gasteiger partial charge in [0.05, 0.1) is 5.01 Å². The molecular weight excluding hydrogens is 312 g/mol. The number of carbonyl (C=O) groups is 2. The highest BCUT2D eigenvalue weighted by Crippen LogP contribution is 2.26. The zero-order valence-corrected chi connectivity index (χ0v) is 13.8. The molecule has 120 valence electrons. The van der Waals surface area contributed by atoms with Crippen molar-refractivity contribution in [1.82, 2.24) is 9.88 Å². The van der Waals surface area contributed by atoms with E-state index in [2.05, 4.69) is 4.98 Å². The molecule has 1 aliphatic rings. The molecule has 2 aromatic rings. The maximum Gasteiger partial charge on any atom is 0.326 e. The van der Waals surface area contributed by atoms with E-state index in [9.17, 15) is 14.7 Å². The van der Waals surface area contributed by atoms with Crippen LogP contribution in [0.4, 0.5) is 0 Å². The van der Waals surface area contributed by atoms with Gasteiger partial charge >= 0.3 is 5.97 Å². The molecule has 0 bridgehead atoms. The summed E-state index contributed by atoms with van der Waals surface area (Å²) in [4.78, 5) is 30.2. The van der Waals surface area contributed by atoms with Gasteiger partial charge in [-0.2, -0.15) is 0 Å². The molecule has 0 spiro atoms. The number of aromatic nitrogens is 1. The van der Waals surface area contributed by atoms with Crippen LogP contribution in [0.25, 0.3) is 0 Å². The number of thiazole rings is 1. The summed E-state index contributed by atoms with van der Waals surface area (Å²) in [5, 5.41) is 12.1. The molecule has 0 saturated heterocycles. The maximum absolute atomic E-state index is 12.8. The predicted molar refractivity (Wildman–Crippen MR) is 87.6 cm³/mol. The summed E-state index contributed by atoms with van der Waals surface area (Å²) in [6.45, 7) is 4.34. The van der Waals surface area contributed by atoms with Gasteiger partial charge in [0, 0.05) is 24.3 Å². The van der Waals surface area contributed by atoms with Gasteiger partial charge in [0.1, 0.15) is 11.7 Å². The maximum atomic E-state index is 12.8. The molecule has 0 aliphatic carbocycles. The Morgan fingerprint density at radius 3 is 2.61 bits per heavy atom. The molecule has 0 radical (unpaired) electrons. The summed E-state index contributed by atoms with van der Waals surface area (Å²) in [5.74, 6) is -1.04. The minimum Gasteiger partial charge on any atom is -0.480 e. The number of fused-ring (bicyclic) bond motifs is 1. The first-order valence-corrected chi connectivity index (χ1v) is 8.41. The van der Waals surface area contributed by atoms with E-state index in [1.807, 2.05) is 38.1 Å². The Morgan fingerprint density at radius 2 is 2.00 bits per heavy atom. The normalized spacial score (nSPS) is 17.2. The van der Waals surface area contributed by atoms with Crippen LogP contribution in [0.1, 0.15) is 46.4 Å². The number of carbonyl (C=O) groups excluding carboxylic acids is 1. The molecule has 1 N–H and O–H groups in total. The fourth-order valence-corrected chi connectivity index (χ4v) is 3.56. The van der Waals surface area contributed by atoms with Crippen LogP contribution in [-0.2, 0) is 17.8 Å². The Kier molecular flexibility index (Phi) is 4.17. The van der Waals surface area contributed by atoms with Crippen molar-refractivity contribution < 1.29 is 14.7 Å². The van der Waals surface area contributed by atoms with Crippen molar-refractivity contribution in [3.8, 4) is 0 Å². The van der Waals surface area contributed by atoms with Crippen molar-refractivity contribution in [3.05, 3.63) is 51.5 Å². The van der Waals surface area contributed by atoms with Crippen molar-refractivity contribution in [2.45, 2.75) is 38.8 Å². The third-order valence-corrected chi connectivity index (χ3v) is 5.17. The molecule has 0 fully saturated rings. The Bertz CT molecular complexity index is 754. The van der Waals surface area contributed by atoms with Crippen molar-refractivity contribution in [2.24, 2.45) is 0 Å². The first kappa shape index (κ1) is 15.7. The minimum atomic E-state index is -0.979. The number of benzene rings is 1. The van der Waals surface area contributed by atoms with E-state index in [4.69, 9.17) is 0 Å². The summed E-state index contributed by atoms with van der Waals surface area (Å²) in [6.07, 6.45) is 0.332. The molecular formula is C17H18N2O3S. The number of carboxylic acid groups (broad SMARTS) is 1. The zero-order chi connectivity index (χ0) is 16.6. The number of hydrogen-bond donors (Lipinski definition) is 1. The number of amides is 1. The third kappa shape index (κ3) is 2.99.